The molecule has 7 rings (SSSR count). The SMILES string of the molecule is O=S(=O)(O)c1ccc([O-])c(N=Nc2c(S(=O)(=O)O)cc3c(S(=O)(=O)O)c(N=c4ncnc(Nc5ccc6c([O-])c(N=Nc7cc(S(=O)(=O)O)ccc7[O-])c(S(=O)(=O)O)cc6c5S(=O)(=O)O)[nH]4)ccc3c2[O-])c1.[Cu+2].[Cu+2]. The molecular weight excluding hydrogens is 1220 g/mol. The summed E-state index contributed by atoms with van der Waals surface area (Å²) in [5.41, 5.74) is -6.53. The molecule has 8 N–H and O–H groups in total. The van der Waals surface area contributed by atoms with Gasteiger partial charge in [-0.2, -0.15) is 60.7 Å². The van der Waals surface area contributed by atoms with Crippen LogP contribution in [0.2, 0.25) is 0 Å². The predicted molar refractivity (Wildman–Crippen MR) is 231 cm³/mol. The number of aromatic nitrogens is 3. The van der Waals surface area contributed by atoms with E-state index < -0.39 is 180 Å². The predicted octanol–water partition coefficient (Wildman–Crippen LogP) is 1.69. The van der Waals surface area contributed by atoms with Crippen LogP contribution in [0.5, 0.6) is 23.0 Å². The molecule has 2 radical (unpaired) electrons. The molecule has 0 aliphatic rings. The Hall–Kier alpha value is -6.65. The molecule has 0 atom stereocenters. The Labute approximate surface area is 434 Å². The van der Waals surface area contributed by atoms with Gasteiger partial charge in [-0.05, 0) is 59.3 Å². The van der Waals surface area contributed by atoms with E-state index in [-0.39, 0.29) is 34.1 Å². The third kappa shape index (κ3) is 12.1. The molecule has 0 fully saturated rings. The van der Waals surface area contributed by atoms with E-state index in [9.17, 15) is 98.2 Å². The van der Waals surface area contributed by atoms with Crippen molar-refractivity contribution in [2.45, 2.75) is 29.4 Å². The average molecular weight is 1240 g/mol. The van der Waals surface area contributed by atoms with E-state index in [1.165, 1.54) is 0 Å². The Morgan fingerprint density at radius 3 is 1.31 bits per heavy atom. The average Bonchev–Trinajstić information content (AvgIpc) is 3.24. The number of hydrogen-bond acceptors (Lipinski definition) is 24. The molecule has 7 aromatic rings. The van der Waals surface area contributed by atoms with Crippen molar-refractivity contribution in [3.05, 3.63) is 84.7 Å². The van der Waals surface area contributed by atoms with Gasteiger partial charge in [-0.15, -0.1) is 10.2 Å². The Morgan fingerprint density at radius 1 is 0.459 bits per heavy atom. The van der Waals surface area contributed by atoms with Crippen LogP contribution >= 0.6 is 0 Å². The van der Waals surface area contributed by atoms with E-state index in [1.807, 2.05) is 0 Å². The number of rotatable bonds is 13. The Morgan fingerprint density at radius 2 is 0.892 bits per heavy atom. The summed E-state index contributed by atoms with van der Waals surface area (Å²) in [5, 5.41) is 64.5. The minimum Gasteiger partial charge on any atom is -0.871 e. The number of azo groups is 2. The van der Waals surface area contributed by atoms with Crippen LogP contribution in [-0.2, 0) is 94.8 Å². The van der Waals surface area contributed by atoms with Crippen LogP contribution < -0.4 is 31.4 Å². The van der Waals surface area contributed by atoms with Gasteiger partial charge in [-0.25, -0.2) is 15.0 Å². The number of aromatic amines is 1. The van der Waals surface area contributed by atoms with Crippen molar-refractivity contribution in [1.29, 1.82) is 0 Å². The van der Waals surface area contributed by atoms with Crippen molar-refractivity contribution in [2.75, 3.05) is 5.32 Å². The number of anilines is 2. The second kappa shape index (κ2) is 20.6. The van der Waals surface area contributed by atoms with Gasteiger partial charge >= 0.3 is 34.1 Å². The van der Waals surface area contributed by atoms with Crippen LogP contribution in [0.3, 0.4) is 0 Å². The third-order valence-corrected chi connectivity index (χ3v) is 14.8. The third-order valence-electron chi connectivity index (χ3n) is 9.43. The summed E-state index contributed by atoms with van der Waals surface area (Å²) in [6.07, 6.45) is 0.685. The molecule has 0 aliphatic heterocycles. The minimum atomic E-state index is -5.60. The summed E-state index contributed by atoms with van der Waals surface area (Å²) in [6, 6.07) is 7.49. The fourth-order valence-corrected chi connectivity index (χ4v) is 10.4. The molecule has 1 aromatic heterocycles. The number of hydrogen-bond donors (Lipinski definition) is 8. The van der Waals surface area contributed by atoms with Crippen LogP contribution in [0.4, 0.5) is 40.1 Å². The molecule has 0 bridgehead atoms. The molecule has 0 aliphatic carbocycles. The number of nitrogens with zero attached hydrogens (tertiary/aromatic N) is 7. The number of benzene rings is 6. The maximum Gasteiger partial charge on any atom is 2.00 e. The molecule has 6 aromatic carbocycles. The van der Waals surface area contributed by atoms with Crippen LogP contribution in [0, 0.1) is 0 Å². The van der Waals surface area contributed by atoms with Gasteiger partial charge in [0.25, 0.3) is 60.7 Å². The Kier molecular flexibility index (Phi) is 16.2. The molecule has 0 amide bonds. The normalized spacial score (nSPS) is 13.1. The number of fused-ring (bicyclic) bond motifs is 2. The molecule has 1 heterocycles. The fraction of sp³-hybridized carbons (Fsp3) is 0. The van der Waals surface area contributed by atoms with Gasteiger partial charge < -0.3 is 25.7 Å². The first-order valence-electron chi connectivity index (χ1n) is 18.3. The number of H-pyrrole nitrogens is 1. The first-order chi connectivity index (χ1) is 33.1. The standard InChI is InChI=1S/C35H25N9O22S6.2Cu/c45-24-7-1-14(67(49,50)51)9-22(24)41-43-28-26(69(55,56)57)11-18-16(30(28)47)3-5-20(32(18)71(61,62)63)38-34-36-13-37-35(40-34)39-21-6-4-17-19(33(21)72(64,65)66)12-27(70(58,59)60)29(31(17)48)44-42-23-10-15(68(52,53)54)2-8-25(23)46;;/h1-13,45-48H,(H,49,50,51)(H,52,53,54)(H,55,56,57)(H,58,59,60)(H,61,62,63)(H,64,65,66)(H2,36,37,38,39,40);;/q;2*+2/p-4. The van der Waals surface area contributed by atoms with Crippen molar-refractivity contribution >= 4 is 122 Å². The quantitative estimate of drug-likeness (QED) is 0.0462. The van der Waals surface area contributed by atoms with Crippen molar-refractivity contribution in [3.8, 4) is 23.0 Å². The van der Waals surface area contributed by atoms with Crippen molar-refractivity contribution in [1.82, 2.24) is 15.0 Å². The first-order valence-corrected chi connectivity index (χ1v) is 26.9. The second-order valence-corrected chi connectivity index (χ2v) is 22.4. The van der Waals surface area contributed by atoms with Gasteiger partial charge in [-0.1, -0.05) is 47.3 Å². The minimum absolute atomic E-state index is 0. The smallest absolute Gasteiger partial charge is 0.871 e. The Balaban J connectivity index is 0.00000507. The van der Waals surface area contributed by atoms with Gasteiger partial charge in [0.1, 0.15) is 25.9 Å². The van der Waals surface area contributed by atoms with Crippen molar-refractivity contribution in [2.24, 2.45) is 25.4 Å². The van der Waals surface area contributed by atoms with E-state index in [0.717, 1.165) is 24.3 Å². The number of nitrogens with one attached hydrogen (secondary N) is 2. The molecule has 39 heteroatoms. The zero-order valence-corrected chi connectivity index (χ0v) is 41.7. The summed E-state index contributed by atoms with van der Waals surface area (Å²) in [5.74, 6) is -5.74. The molecule has 0 unspecified atom stereocenters. The maximum absolute atomic E-state index is 13.7. The second-order valence-electron chi connectivity index (χ2n) is 14.1. The van der Waals surface area contributed by atoms with Crippen molar-refractivity contribution in [3.63, 3.8) is 0 Å². The summed E-state index contributed by atoms with van der Waals surface area (Å²) >= 11 is 0. The van der Waals surface area contributed by atoms with Gasteiger partial charge in [0, 0.05) is 10.8 Å². The molecule has 0 saturated heterocycles. The Bertz CT molecular complexity index is 4370. The molecule has 31 nitrogen and oxygen atoms in total. The van der Waals surface area contributed by atoms with Gasteiger partial charge in [0.05, 0.1) is 43.9 Å². The van der Waals surface area contributed by atoms with Crippen molar-refractivity contribution < 1.29 is 132 Å². The molecule has 0 spiro atoms. The van der Waals surface area contributed by atoms with Crippen LogP contribution in [-0.4, -0.2) is 92.8 Å². The zero-order chi connectivity index (χ0) is 53.3. The van der Waals surface area contributed by atoms with Gasteiger partial charge in [-0.3, -0.25) is 32.3 Å². The molecule has 396 valence electrons. The van der Waals surface area contributed by atoms with E-state index in [0.29, 0.717) is 54.9 Å². The molecule has 74 heavy (non-hydrogen) atoms. The summed E-state index contributed by atoms with van der Waals surface area (Å²) in [7, 11) is -32.2. The zero-order valence-electron chi connectivity index (χ0n) is 34.9. The topological polar surface area (TPSA) is 534 Å². The molecular formula is C35H21Cu2N9O22S6. The summed E-state index contributed by atoms with van der Waals surface area (Å²) in [4.78, 5) is 6.56. The van der Waals surface area contributed by atoms with E-state index in [4.69, 9.17) is 0 Å². The first kappa shape index (κ1) is 58.2. The fourth-order valence-electron chi connectivity index (χ4n) is 6.42. The van der Waals surface area contributed by atoms with Gasteiger partial charge in [0.2, 0.25) is 11.6 Å². The van der Waals surface area contributed by atoms with E-state index in [2.05, 4.69) is 45.7 Å². The van der Waals surface area contributed by atoms with E-state index >= 15 is 0 Å². The van der Waals surface area contributed by atoms with Crippen LogP contribution in [0.25, 0.3) is 21.5 Å². The van der Waals surface area contributed by atoms with E-state index in [1.54, 1.807) is 0 Å². The van der Waals surface area contributed by atoms with Crippen LogP contribution in [0.15, 0.2) is 134 Å². The van der Waals surface area contributed by atoms with Gasteiger partial charge in [0.15, 0.2) is 0 Å². The largest absolute Gasteiger partial charge is 2.00 e. The molecule has 0 saturated carbocycles. The monoisotopic (exact) mass is 1240 g/mol. The summed E-state index contributed by atoms with van der Waals surface area (Å²) < 4.78 is 207. The maximum atomic E-state index is 13.7. The van der Waals surface area contributed by atoms with Crippen LogP contribution in [0.1, 0.15) is 0 Å². The summed E-state index contributed by atoms with van der Waals surface area (Å²) in [6.45, 7) is 0.